The van der Waals surface area contributed by atoms with Crippen molar-refractivity contribution in [2.24, 2.45) is 0 Å². The summed E-state index contributed by atoms with van der Waals surface area (Å²) in [6, 6.07) is 0. The third kappa shape index (κ3) is 51.7. The first-order valence-corrected chi connectivity index (χ1v) is 27.4. The minimum Gasteiger partial charge on any atom is -0.462 e. The molecule has 6 nitrogen and oxygen atoms in total. The van der Waals surface area contributed by atoms with Crippen LogP contribution in [0.1, 0.15) is 265 Å². The highest BCUT2D eigenvalue weighted by Crippen LogP contribution is 2.15. The second kappa shape index (κ2) is 53.5. The van der Waals surface area contributed by atoms with Gasteiger partial charge < -0.3 is 14.2 Å². The van der Waals surface area contributed by atoms with Crippen molar-refractivity contribution in [3.8, 4) is 0 Å². The number of hydrogen-bond donors (Lipinski definition) is 0. The lowest BCUT2D eigenvalue weighted by Crippen LogP contribution is -2.30. The molecule has 65 heavy (non-hydrogen) atoms. The van der Waals surface area contributed by atoms with Crippen LogP contribution in [0.3, 0.4) is 0 Å². The van der Waals surface area contributed by atoms with E-state index in [0.717, 1.165) is 109 Å². The molecule has 0 rings (SSSR count). The molecule has 0 amide bonds. The lowest BCUT2D eigenvalue weighted by Gasteiger charge is -2.18. The van der Waals surface area contributed by atoms with E-state index in [1.54, 1.807) is 0 Å². The summed E-state index contributed by atoms with van der Waals surface area (Å²) in [6.07, 6.45) is 67.9. The molecule has 0 saturated heterocycles. The maximum absolute atomic E-state index is 12.7. The molecule has 0 aromatic rings. The lowest BCUT2D eigenvalue weighted by atomic mass is 10.0. The Morgan fingerprint density at radius 2 is 0.600 bits per heavy atom. The summed E-state index contributed by atoms with van der Waals surface area (Å²) in [7, 11) is 0. The molecule has 0 aliphatic carbocycles. The van der Waals surface area contributed by atoms with E-state index in [1.807, 2.05) is 0 Å². The van der Waals surface area contributed by atoms with E-state index in [2.05, 4.69) is 93.7 Å². The molecule has 1 atom stereocenters. The quantitative estimate of drug-likeness (QED) is 0.0262. The van der Waals surface area contributed by atoms with Crippen molar-refractivity contribution >= 4 is 17.9 Å². The van der Waals surface area contributed by atoms with Gasteiger partial charge in [0.15, 0.2) is 6.10 Å². The summed E-state index contributed by atoms with van der Waals surface area (Å²) in [5, 5.41) is 0. The summed E-state index contributed by atoms with van der Waals surface area (Å²) in [5.74, 6) is -0.900. The third-order valence-corrected chi connectivity index (χ3v) is 11.7. The first-order chi connectivity index (χ1) is 32.0. The molecule has 0 radical (unpaired) electrons. The highest BCUT2D eigenvalue weighted by Gasteiger charge is 2.19. The van der Waals surface area contributed by atoms with Gasteiger partial charge in [0.1, 0.15) is 13.2 Å². The molecule has 0 aliphatic rings. The minimum absolute atomic E-state index is 0.0791. The van der Waals surface area contributed by atoms with Gasteiger partial charge in [-0.1, -0.05) is 229 Å². The van der Waals surface area contributed by atoms with E-state index in [0.29, 0.717) is 19.3 Å². The number of carbonyl (C=O) groups is 3. The average Bonchev–Trinajstić information content (AvgIpc) is 3.30. The number of carbonyl (C=O) groups excluding carboxylic acids is 3. The predicted octanol–water partition coefficient (Wildman–Crippen LogP) is 18.2. The third-order valence-electron chi connectivity index (χ3n) is 11.7. The molecule has 0 fully saturated rings. The van der Waals surface area contributed by atoms with Crippen LogP contribution >= 0.6 is 0 Å². The molecule has 0 spiro atoms. The van der Waals surface area contributed by atoms with Gasteiger partial charge in [-0.05, 0) is 89.9 Å². The van der Waals surface area contributed by atoms with Crippen LogP contribution in [-0.4, -0.2) is 37.2 Å². The van der Waals surface area contributed by atoms with Crippen LogP contribution in [0.25, 0.3) is 0 Å². The van der Waals surface area contributed by atoms with Gasteiger partial charge in [-0.15, -0.1) is 0 Å². The van der Waals surface area contributed by atoms with Gasteiger partial charge in [-0.25, -0.2) is 0 Å². The van der Waals surface area contributed by atoms with Crippen LogP contribution in [0.5, 0.6) is 0 Å². The van der Waals surface area contributed by atoms with Crippen LogP contribution < -0.4 is 0 Å². The summed E-state index contributed by atoms with van der Waals surface area (Å²) >= 11 is 0. The fourth-order valence-corrected chi connectivity index (χ4v) is 7.58. The summed E-state index contributed by atoms with van der Waals surface area (Å²) in [4.78, 5) is 37.7. The zero-order valence-corrected chi connectivity index (χ0v) is 42.7. The Balaban J connectivity index is 4.08. The number of ether oxygens (including phenoxy) is 3. The molecular formula is C59H102O6. The molecule has 0 aromatic carbocycles. The maximum atomic E-state index is 12.7. The van der Waals surface area contributed by atoms with E-state index in [1.165, 1.54) is 116 Å². The fourth-order valence-electron chi connectivity index (χ4n) is 7.58. The molecule has 0 heterocycles. The normalized spacial score (nSPS) is 12.6. The monoisotopic (exact) mass is 907 g/mol. The zero-order valence-electron chi connectivity index (χ0n) is 42.7. The number of unbranched alkanes of at least 4 members (excludes halogenated alkanes) is 26. The van der Waals surface area contributed by atoms with Crippen molar-refractivity contribution in [3.63, 3.8) is 0 Å². The average molecular weight is 907 g/mol. The van der Waals surface area contributed by atoms with E-state index in [4.69, 9.17) is 14.2 Å². The van der Waals surface area contributed by atoms with Crippen molar-refractivity contribution in [3.05, 3.63) is 72.9 Å². The van der Waals surface area contributed by atoms with E-state index < -0.39 is 6.10 Å². The first kappa shape index (κ1) is 61.9. The Morgan fingerprint density at radius 3 is 0.954 bits per heavy atom. The molecule has 0 N–H and O–H groups in total. The topological polar surface area (TPSA) is 78.9 Å². The Bertz CT molecular complexity index is 1230. The molecule has 374 valence electrons. The summed E-state index contributed by atoms with van der Waals surface area (Å²) in [6.45, 7) is 6.43. The first-order valence-electron chi connectivity index (χ1n) is 27.4. The number of allylic oxidation sites excluding steroid dienone is 12. The molecular weight excluding hydrogens is 805 g/mol. The Morgan fingerprint density at radius 1 is 0.323 bits per heavy atom. The van der Waals surface area contributed by atoms with Gasteiger partial charge in [0, 0.05) is 19.3 Å². The van der Waals surface area contributed by atoms with Gasteiger partial charge in [0.25, 0.3) is 0 Å². The summed E-state index contributed by atoms with van der Waals surface area (Å²) in [5.41, 5.74) is 0. The molecule has 0 aromatic heterocycles. The van der Waals surface area contributed by atoms with Crippen molar-refractivity contribution in [1.82, 2.24) is 0 Å². The van der Waals surface area contributed by atoms with Crippen molar-refractivity contribution in [2.45, 2.75) is 271 Å². The largest absolute Gasteiger partial charge is 0.462 e. The number of esters is 3. The molecule has 0 bridgehead atoms. The van der Waals surface area contributed by atoms with Crippen LogP contribution in [0.2, 0.25) is 0 Å². The predicted molar refractivity (Wildman–Crippen MR) is 279 cm³/mol. The van der Waals surface area contributed by atoms with E-state index in [-0.39, 0.29) is 31.1 Å². The zero-order chi connectivity index (χ0) is 47.2. The van der Waals surface area contributed by atoms with Crippen LogP contribution in [0.15, 0.2) is 72.9 Å². The molecule has 0 aliphatic heterocycles. The fraction of sp³-hybridized carbons (Fsp3) is 0.746. The Hall–Kier alpha value is -3.15. The van der Waals surface area contributed by atoms with Gasteiger partial charge in [-0.2, -0.15) is 0 Å². The number of rotatable bonds is 49. The second-order valence-corrected chi connectivity index (χ2v) is 18.1. The maximum Gasteiger partial charge on any atom is 0.306 e. The van der Waals surface area contributed by atoms with Gasteiger partial charge in [-0.3, -0.25) is 14.4 Å². The van der Waals surface area contributed by atoms with Crippen LogP contribution in [-0.2, 0) is 28.6 Å². The molecule has 0 saturated carbocycles. The van der Waals surface area contributed by atoms with Crippen molar-refractivity contribution in [2.75, 3.05) is 13.2 Å². The van der Waals surface area contributed by atoms with Crippen molar-refractivity contribution in [1.29, 1.82) is 0 Å². The van der Waals surface area contributed by atoms with Crippen molar-refractivity contribution < 1.29 is 28.6 Å². The van der Waals surface area contributed by atoms with Gasteiger partial charge in [0.05, 0.1) is 0 Å². The highest BCUT2D eigenvalue weighted by molar-refractivity contribution is 5.71. The Kier molecular flexibility index (Phi) is 50.9. The minimum atomic E-state index is -0.775. The van der Waals surface area contributed by atoms with Crippen LogP contribution in [0.4, 0.5) is 0 Å². The number of hydrogen-bond acceptors (Lipinski definition) is 6. The lowest BCUT2D eigenvalue weighted by molar-refractivity contribution is -0.167. The van der Waals surface area contributed by atoms with Gasteiger partial charge in [0.2, 0.25) is 0 Å². The molecule has 1 unspecified atom stereocenters. The van der Waals surface area contributed by atoms with Gasteiger partial charge >= 0.3 is 17.9 Å². The standard InChI is InChI=1S/C59H102O6/c1-4-7-10-13-15-17-19-21-23-24-25-26-27-28-29-30-31-32-33-34-36-37-39-41-43-46-49-52-58(61)64-55-56(54-63-57(60)51-48-45-12-9-6-3)65-59(62)53-50-47-44-42-40-38-35-22-20-18-16-14-11-8-5-2/h7,10,15,17,21-23,25-26,28-29,35,56H,4-6,8-9,11-14,16,18-20,24,27,30-34,36-55H2,1-3H3/b10-7-,17-15-,23-21-,26-25-,29-28-,35-22-. The van der Waals surface area contributed by atoms with E-state index >= 15 is 0 Å². The smallest absolute Gasteiger partial charge is 0.306 e. The molecule has 6 heteroatoms. The SMILES string of the molecule is CC/C=C\C/C=C\C/C=C\C/C=C\C/C=C\CCCCCCCCCCCCCC(=O)OCC(COC(=O)CCCCCCC)OC(=O)CCCCCCC/C=C\CCCCCCCC. The highest BCUT2D eigenvalue weighted by atomic mass is 16.6. The van der Waals surface area contributed by atoms with Crippen LogP contribution in [0, 0.1) is 0 Å². The Labute approximate surface area is 402 Å². The summed E-state index contributed by atoms with van der Waals surface area (Å²) < 4.78 is 16.7. The second-order valence-electron chi connectivity index (χ2n) is 18.1. The van der Waals surface area contributed by atoms with E-state index in [9.17, 15) is 14.4 Å².